The van der Waals surface area contributed by atoms with Gasteiger partial charge in [-0.3, -0.25) is 4.79 Å². The maximum Gasteiger partial charge on any atom is 0.306 e. The molecular formula is C15H20O3. The van der Waals surface area contributed by atoms with E-state index >= 15 is 0 Å². The van der Waals surface area contributed by atoms with E-state index < -0.39 is 5.97 Å². The number of fused-ring (bicyclic) bond motifs is 1. The van der Waals surface area contributed by atoms with Gasteiger partial charge in [-0.2, -0.15) is 0 Å². The van der Waals surface area contributed by atoms with Crippen LogP contribution in [0.1, 0.15) is 30.9 Å². The molecule has 3 nitrogen and oxygen atoms in total. The summed E-state index contributed by atoms with van der Waals surface area (Å²) in [6.45, 7) is 1.82. The SMILES string of the molecule is COc1ccc2c(c1)CCCC(C(C)C(=O)O)C2. The van der Waals surface area contributed by atoms with Crippen LogP contribution < -0.4 is 4.74 Å². The Morgan fingerprint density at radius 2 is 2.22 bits per heavy atom. The van der Waals surface area contributed by atoms with Crippen molar-refractivity contribution in [3.05, 3.63) is 29.3 Å². The number of methoxy groups -OCH3 is 1. The summed E-state index contributed by atoms with van der Waals surface area (Å²) in [5.41, 5.74) is 2.60. The highest BCUT2D eigenvalue weighted by atomic mass is 16.5. The summed E-state index contributed by atoms with van der Waals surface area (Å²) >= 11 is 0. The van der Waals surface area contributed by atoms with Crippen LogP contribution in [0.25, 0.3) is 0 Å². The summed E-state index contributed by atoms with van der Waals surface area (Å²) < 4.78 is 5.24. The van der Waals surface area contributed by atoms with E-state index in [9.17, 15) is 4.79 Å². The average Bonchev–Trinajstić information content (AvgIpc) is 2.58. The largest absolute Gasteiger partial charge is 0.497 e. The quantitative estimate of drug-likeness (QED) is 0.837. The van der Waals surface area contributed by atoms with Crippen molar-refractivity contribution in [3.8, 4) is 5.75 Å². The molecule has 1 aliphatic carbocycles. The highest BCUT2D eigenvalue weighted by molar-refractivity contribution is 5.70. The fourth-order valence-electron chi connectivity index (χ4n) is 2.73. The molecule has 0 radical (unpaired) electrons. The summed E-state index contributed by atoms with van der Waals surface area (Å²) in [7, 11) is 1.67. The van der Waals surface area contributed by atoms with Crippen molar-refractivity contribution in [1.29, 1.82) is 0 Å². The van der Waals surface area contributed by atoms with E-state index in [1.54, 1.807) is 7.11 Å². The van der Waals surface area contributed by atoms with Crippen LogP contribution in [-0.2, 0) is 17.6 Å². The van der Waals surface area contributed by atoms with Gasteiger partial charge in [-0.25, -0.2) is 0 Å². The van der Waals surface area contributed by atoms with Gasteiger partial charge in [0.05, 0.1) is 13.0 Å². The van der Waals surface area contributed by atoms with Crippen molar-refractivity contribution >= 4 is 5.97 Å². The Hall–Kier alpha value is -1.51. The minimum Gasteiger partial charge on any atom is -0.497 e. The maximum absolute atomic E-state index is 11.1. The van der Waals surface area contributed by atoms with E-state index in [2.05, 4.69) is 12.1 Å². The molecule has 0 bridgehead atoms. The van der Waals surface area contributed by atoms with E-state index in [4.69, 9.17) is 9.84 Å². The Kier molecular flexibility index (Phi) is 3.90. The average molecular weight is 248 g/mol. The number of aryl methyl sites for hydroxylation is 1. The number of benzene rings is 1. The van der Waals surface area contributed by atoms with Crippen molar-refractivity contribution in [2.75, 3.05) is 7.11 Å². The molecule has 0 heterocycles. The lowest BCUT2D eigenvalue weighted by Crippen LogP contribution is -2.22. The second-order valence-electron chi connectivity index (χ2n) is 5.12. The summed E-state index contributed by atoms with van der Waals surface area (Å²) in [4.78, 5) is 11.1. The number of aliphatic carboxylic acids is 1. The van der Waals surface area contributed by atoms with Crippen LogP contribution in [0.3, 0.4) is 0 Å². The normalized spacial score (nSPS) is 20.7. The van der Waals surface area contributed by atoms with Crippen LogP contribution in [0.5, 0.6) is 5.75 Å². The molecule has 0 amide bonds. The number of hydrogen-bond acceptors (Lipinski definition) is 2. The number of carboxylic acid groups (broad SMARTS) is 1. The van der Waals surface area contributed by atoms with Gasteiger partial charge in [-0.1, -0.05) is 13.0 Å². The van der Waals surface area contributed by atoms with Crippen molar-refractivity contribution in [3.63, 3.8) is 0 Å². The standard InChI is InChI=1S/C15H20O3/c1-10(15(16)17)11-4-3-5-12-9-14(18-2)7-6-13(12)8-11/h6-7,9-11H,3-5,8H2,1-2H3,(H,16,17). The van der Waals surface area contributed by atoms with Crippen molar-refractivity contribution in [1.82, 2.24) is 0 Å². The molecule has 1 aromatic rings. The first kappa shape index (κ1) is 12.9. The fraction of sp³-hybridized carbons (Fsp3) is 0.533. The van der Waals surface area contributed by atoms with E-state index in [-0.39, 0.29) is 11.8 Å². The fourth-order valence-corrected chi connectivity index (χ4v) is 2.73. The summed E-state index contributed by atoms with van der Waals surface area (Å²) in [6.07, 6.45) is 3.94. The molecule has 1 N–H and O–H groups in total. The topological polar surface area (TPSA) is 46.5 Å². The van der Waals surface area contributed by atoms with Gasteiger partial charge in [0.2, 0.25) is 0 Å². The van der Waals surface area contributed by atoms with Crippen LogP contribution in [0, 0.1) is 11.8 Å². The smallest absolute Gasteiger partial charge is 0.306 e. The van der Waals surface area contributed by atoms with Crippen LogP contribution in [-0.4, -0.2) is 18.2 Å². The third kappa shape index (κ3) is 2.66. The van der Waals surface area contributed by atoms with E-state index in [1.165, 1.54) is 11.1 Å². The predicted octanol–water partition coefficient (Wildman–Crippen LogP) is 2.91. The molecule has 2 unspecified atom stereocenters. The van der Waals surface area contributed by atoms with Crippen molar-refractivity contribution < 1.29 is 14.6 Å². The third-order valence-electron chi connectivity index (χ3n) is 4.01. The zero-order chi connectivity index (χ0) is 13.1. The molecule has 0 saturated carbocycles. The molecule has 0 spiro atoms. The lowest BCUT2D eigenvalue weighted by atomic mass is 9.86. The maximum atomic E-state index is 11.1. The van der Waals surface area contributed by atoms with Gasteiger partial charge in [-0.15, -0.1) is 0 Å². The van der Waals surface area contributed by atoms with Crippen molar-refractivity contribution in [2.24, 2.45) is 11.8 Å². The Morgan fingerprint density at radius 3 is 2.89 bits per heavy atom. The van der Waals surface area contributed by atoms with Gasteiger partial charge in [0, 0.05) is 0 Å². The van der Waals surface area contributed by atoms with Crippen LogP contribution in [0.15, 0.2) is 18.2 Å². The zero-order valence-corrected chi connectivity index (χ0v) is 11.0. The van der Waals surface area contributed by atoms with Crippen LogP contribution >= 0.6 is 0 Å². The van der Waals surface area contributed by atoms with Crippen LogP contribution in [0.2, 0.25) is 0 Å². The van der Waals surface area contributed by atoms with Gasteiger partial charge in [-0.05, 0) is 54.9 Å². The van der Waals surface area contributed by atoms with Gasteiger partial charge in [0.25, 0.3) is 0 Å². The van der Waals surface area contributed by atoms with Gasteiger partial charge in [0.1, 0.15) is 5.75 Å². The molecule has 98 valence electrons. The molecule has 2 rings (SSSR count). The molecule has 0 saturated heterocycles. The van der Waals surface area contributed by atoms with E-state index in [1.807, 2.05) is 13.0 Å². The number of carbonyl (C=O) groups is 1. The molecule has 2 atom stereocenters. The lowest BCUT2D eigenvalue weighted by molar-refractivity contribution is -0.143. The molecule has 0 aromatic heterocycles. The minimum atomic E-state index is -0.683. The Balaban J connectivity index is 2.22. The third-order valence-corrected chi connectivity index (χ3v) is 4.01. The van der Waals surface area contributed by atoms with Crippen molar-refractivity contribution in [2.45, 2.75) is 32.6 Å². The molecule has 1 aromatic carbocycles. The first-order valence-electron chi connectivity index (χ1n) is 6.50. The monoisotopic (exact) mass is 248 g/mol. The molecule has 3 heteroatoms. The Labute approximate surface area is 108 Å². The zero-order valence-electron chi connectivity index (χ0n) is 11.0. The first-order valence-corrected chi connectivity index (χ1v) is 6.50. The Bertz CT molecular complexity index is 439. The summed E-state index contributed by atoms with van der Waals surface area (Å²) in [5, 5.41) is 9.14. The lowest BCUT2D eigenvalue weighted by Gasteiger charge is -2.19. The van der Waals surface area contributed by atoms with Gasteiger partial charge < -0.3 is 9.84 Å². The van der Waals surface area contributed by atoms with E-state index in [0.717, 1.165) is 31.4 Å². The Morgan fingerprint density at radius 1 is 1.44 bits per heavy atom. The number of rotatable bonds is 3. The first-order chi connectivity index (χ1) is 8.61. The molecular weight excluding hydrogens is 228 g/mol. The number of carboxylic acids is 1. The number of hydrogen-bond donors (Lipinski definition) is 1. The summed E-state index contributed by atoms with van der Waals surface area (Å²) in [6, 6.07) is 6.14. The number of ether oxygens (including phenoxy) is 1. The highest BCUT2D eigenvalue weighted by Gasteiger charge is 2.26. The molecule has 18 heavy (non-hydrogen) atoms. The molecule has 0 aliphatic heterocycles. The van der Waals surface area contributed by atoms with Gasteiger partial charge >= 0.3 is 5.97 Å². The predicted molar refractivity (Wildman–Crippen MR) is 69.9 cm³/mol. The second kappa shape index (κ2) is 5.42. The highest BCUT2D eigenvalue weighted by Crippen LogP contribution is 2.31. The van der Waals surface area contributed by atoms with E-state index in [0.29, 0.717) is 0 Å². The second-order valence-corrected chi connectivity index (χ2v) is 5.12. The minimum absolute atomic E-state index is 0.247. The van der Waals surface area contributed by atoms with Crippen LogP contribution in [0.4, 0.5) is 0 Å². The molecule has 1 aliphatic rings. The van der Waals surface area contributed by atoms with Gasteiger partial charge in [0.15, 0.2) is 0 Å². The molecule has 0 fully saturated rings. The summed E-state index contributed by atoms with van der Waals surface area (Å²) in [5.74, 6) is 0.186.